The van der Waals surface area contributed by atoms with E-state index >= 15 is 0 Å². The number of nitro groups is 1. The predicted molar refractivity (Wildman–Crippen MR) is 97.4 cm³/mol. The van der Waals surface area contributed by atoms with Crippen LogP contribution in [0.3, 0.4) is 0 Å². The molecule has 0 bridgehead atoms. The van der Waals surface area contributed by atoms with Gasteiger partial charge in [-0.25, -0.2) is 5.43 Å². The number of aryl methyl sites for hydroxylation is 1. The van der Waals surface area contributed by atoms with Crippen LogP contribution in [0, 0.1) is 17.0 Å². The van der Waals surface area contributed by atoms with E-state index in [-0.39, 0.29) is 17.8 Å². The fraction of sp³-hybridized carbons (Fsp3) is 0.118. The van der Waals surface area contributed by atoms with Gasteiger partial charge in [0, 0.05) is 22.2 Å². The highest BCUT2D eigenvalue weighted by molar-refractivity contribution is 6.30. The molecule has 8 nitrogen and oxygen atoms in total. The first kappa shape index (κ1) is 19.1. The summed E-state index contributed by atoms with van der Waals surface area (Å²) in [6, 6.07) is 10.9. The molecule has 0 saturated carbocycles. The maximum Gasteiger partial charge on any atom is 0.273 e. The maximum atomic E-state index is 12.0. The van der Waals surface area contributed by atoms with Gasteiger partial charge in [-0.2, -0.15) is 5.10 Å². The number of rotatable bonds is 6. The van der Waals surface area contributed by atoms with Gasteiger partial charge in [0.05, 0.1) is 17.7 Å². The van der Waals surface area contributed by atoms with E-state index in [1.807, 2.05) is 0 Å². The van der Waals surface area contributed by atoms with Crippen molar-refractivity contribution in [2.45, 2.75) is 6.92 Å². The van der Waals surface area contributed by atoms with Crippen LogP contribution in [0.25, 0.3) is 0 Å². The summed E-state index contributed by atoms with van der Waals surface area (Å²) >= 11 is 5.76. The topological polar surface area (TPSA) is 114 Å². The molecular formula is C17H15ClN4O4. The zero-order valence-electron chi connectivity index (χ0n) is 13.7. The van der Waals surface area contributed by atoms with Gasteiger partial charge < -0.3 is 5.32 Å². The number of halogens is 1. The summed E-state index contributed by atoms with van der Waals surface area (Å²) in [6.07, 6.45) is 1.43. The van der Waals surface area contributed by atoms with E-state index in [4.69, 9.17) is 11.6 Å². The van der Waals surface area contributed by atoms with Crippen LogP contribution >= 0.6 is 11.6 Å². The van der Waals surface area contributed by atoms with Gasteiger partial charge in [0.2, 0.25) is 0 Å². The molecule has 0 radical (unpaired) electrons. The van der Waals surface area contributed by atoms with Crippen molar-refractivity contribution < 1.29 is 14.5 Å². The minimum atomic E-state index is -0.593. The van der Waals surface area contributed by atoms with Crippen molar-refractivity contribution in [2.24, 2.45) is 5.10 Å². The van der Waals surface area contributed by atoms with Gasteiger partial charge >= 0.3 is 0 Å². The van der Waals surface area contributed by atoms with Gasteiger partial charge in [0.25, 0.3) is 17.5 Å². The standard InChI is InChI=1S/C17H15ClN4O4/c1-11-2-5-13(8-15(11)22(25)26)17(24)19-10-16(23)21-20-9-12-3-6-14(18)7-4-12/h2-9H,10H2,1H3,(H,19,24)(H,21,23)/b20-9+. The fourth-order valence-electron chi connectivity index (χ4n) is 1.98. The van der Waals surface area contributed by atoms with Gasteiger partial charge in [-0.05, 0) is 30.7 Å². The number of benzene rings is 2. The van der Waals surface area contributed by atoms with Crippen molar-refractivity contribution >= 4 is 35.3 Å². The van der Waals surface area contributed by atoms with E-state index in [0.717, 1.165) is 5.56 Å². The molecule has 2 N–H and O–H groups in total. The molecule has 0 spiro atoms. The first-order valence-electron chi connectivity index (χ1n) is 7.47. The van der Waals surface area contributed by atoms with Crippen LogP contribution in [0.4, 0.5) is 5.69 Å². The second-order valence-electron chi connectivity index (χ2n) is 5.29. The van der Waals surface area contributed by atoms with E-state index in [1.165, 1.54) is 24.4 Å². The Morgan fingerprint density at radius 2 is 1.92 bits per heavy atom. The highest BCUT2D eigenvalue weighted by atomic mass is 35.5. The van der Waals surface area contributed by atoms with Crippen molar-refractivity contribution in [3.05, 3.63) is 74.3 Å². The summed E-state index contributed by atoms with van der Waals surface area (Å²) in [5.74, 6) is -1.13. The molecule has 0 atom stereocenters. The van der Waals surface area contributed by atoms with Gasteiger partial charge in [-0.15, -0.1) is 0 Å². The highest BCUT2D eigenvalue weighted by Crippen LogP contribution is 2.19. The SMILES string of the molecule is Cc1ccc(C(=O)NCC(=O)N/N=C/c2ccc(Cl)cc2)cc1[N+](=O)[O-]. The Labute approximate surface area is 154 Å². The Morgan fingerprint density at radius 1 is 1.23 bits per heavy atom. The van der Waals surface area contributed by atoms with Crippen LogP contribution in [-0.4, -0.2) is 29.5 Å². The van der Waals surface area contributed by atoms with Crippen LogP contribution in [0.1, 0.15) is 21.5 Å². The lowest BCUT2D eigenvalue weighted by Gasteiger charge is -2.05. The van der Waals surface area contributed by atoms with Crippen LogP contribution in [0.2, 0.25) is 5.02 Å². The summed E-state index contributed by atoms with van der Waals surface area (Å²) in [6.45, 7) is 1.25. The van der Waals surface area contributed by atoms with Crippen molar-refractivity contribution in [1.82, 2.24) is 10.7 Å². The number of carbonyl (C=O) groups excluding carboxylic acids is 2. The Bertz CT molecular complexity index is 866. The van der Waals surface area contributed by atoms with Crippen LogP contribution in [0.15, 0.2) is 47.6 Å². The number of hydrazone groups is 1. The minimum Gasteiger partial charge on any atom is -0.343 e. The summed E-state index contributed by atoms with van der Waals surface area (Å²) in [5, 5.41) is 17.6. The number of nitro benzene ring substituents is 1. The molecule has 9 heteroatoms. The van der Waals surface area contributed by atoms with Gasteiger partial charge in [-0.3, -0.25) is 19.7 Å². The Morgan fingerprint density at radius 3 is 2.58 bits per heavy atom. The number of carbonyl (C=O) groups is 2. The zero-order valence-corrected chi connectivity index (χ0v) is 14.5. The molecule has 0 aromatic heterocycles. The largest absolute Gasteiger partial charge is 0.343 e. The Balaban J connectivity index is 1.87. The van der Waals surface area contributed by atoms with Gasteiger partial charge in [-0.1, -0.05) is 29.8 Å². The van der Waals surface area contributed by atoms with Crippen LogP contribution < -0.4 is 10.7 Å². The normalized spacial score (nSPS) is 10.5. The lowest BCUT2D eigenvalue weighted by Crippen LogP contribution is -2.34. The lowest BCUT2D eigenvalue weighted by molar-refractivity contribution is -0.385. The third-order valence-electron chi connectivity index (χ3n) is 3.35. The van der Waals surface area contributed by atoms with E-state index in [2.05, 4.69) is 15.8 Å². The summed E-state index contributed by atoms with van der Waals surface area (Å²) in [7, 11) is 0. The van der Waals surface area contributed by atoms with Crippen molar-refractivity contribution in [2.75, 3.05) is 6.54 Å². The summed E-state index contributed by atoms with van der Waals surface area (Å²) < 4.78 is 0. The van der Waals surface area contributed by atoms with E-state index in [9.17, 15) is 19.7 Å². The molecule has 0 saturated heterocycles. The second-order valence-corrected chi connectivity index (χ2v) is 5.72. The molecule has 2 rings (SSSR count). The summed E-state index contributed by atoms with van der Waals surface area (Å²) in [4.78, 5) is 34.0. The number of nitrogens with zero attached hydrogens (tertiary/aromatic N) is 2. The van der Waals surface area contributed by atoms with E-state index in [0.29, 0.717) is 10.6 Å². The molecule has 0 unspecified atom stereocenters. The lowest BCUT2D eigenvalue weighted by atomic mass is 10.1. The third-order valence-corrected chi connectivity index (χ3v) is 3.60. The maximum absolute atomic E-state index is 12.0. The highest BCUT2D eigenvalue weighted by Gasteiger charge is 2.15. The molecule has 0 heterocycles. The van der Waals surface area contributed by atoms with Crippen molar-refractivity contribution in [3.8, 4) is 0 Å². The molecule has 134 valence electrons. The average molecular weight is 375 g/mol. The number of amides is 2. The Kier molecular flexibility index (Phi) is 6.40. The molecule has 26 heavy (non-hydrogen) atoms. The van der Waals surface area contributed by atoms with Crippen molar-refractivity contribution in [3.63, 3.8) is 0 Å². The minimum absolute atomic E-state index is 0.0970. The Hall–Kier alpha value is -3.26. The monoisotopic (exact) mass is 374 g/mol. The van der Waals surface area contributed by atoms with Crippen LogP contribution in [0.5, 0.6) is 0 Å². The zero-order chi connectivity index (χ0) is 19.1. The molecule has 0 aliphatic rings. The van der Waals surface area contributed by atoms with Crippen LogP contribution in [-0.2, 0) is 4.79 Å². The number of hydrogen-bond acceptors (Lipinski definition) is 5. The fourth-order valence-corrected chi connectivity index (χ4v) is 2.10. The quantitative estimate of drug-likeness (QED) is 0.459. The first-order valence-corrected chi connectivity index (χ1v) is 7.85. The van der Waals surface area contributed by atoms with E-state index < -0.39 is 16.7 Å². The first-order chi connectivity index (χ1) is 12.4. The molecule has 0 aliphatic carbocycles. The third kappa shape index (κ3) is 5.38. The average Bonchev–Trinajstić information content (AvgIpc) is 2.61. The second kappa shape index (κ2) is 8.72. The van der Waals surface area contributed by atoms with Gasteiger partial charge in [0.1, 0.15) is 0 Å². The molecule has 0 fully saturated rings. The molecule has 2 aromatic carbocycles. The molecule has 2 aromatic rings. The number of hydrogen-bond donors (Lipinski definition) is 2. The smallest absolute Gasteiger partial charge is 0.273 e. The number of nitrogens with one attached hydrogen (secondary N) is 2. The van der Waals surface area contributed by atoms with Gasteiger partial charge in [0.15, 0.2) is 0 Å². The molecule has 2 amide bonds. The predicted octanol–water partition coefficient (Wildman–Crippen LogP) is 2.44. The van der Waals surface area contributed by atoms with Crippen molar-refractivity contribution in [1.29, 1.82) is 0 Å². The van der Waals surface area contributed by atoms with E-state index in [1.54, 1.807) is 31.2 Å². The molecule has 0 aliphatic heterocycles. The molecular weight excluding hydrogens is 360 g/mol. The summed E-state index contributed by atoms with van der Waals surface area (Å²) in [5.41, 5.74) is 3.39.